The zero-order valence-electron chi connectivity index (χ0n) is 14.9. The van der Waals surface area contributed by atoms with Crippen LogP contribution in [-0.2, 0) is 6.54 Å². The summed E-state index contributed by atoms with van der Waals surface area (Å²) in [6, 6.07) is 6.16. The Hall–Kier alpha value is -2.74. The molecule has 3 N–H and O–H groups in total. The van der Waals surface area contributed by atoms with E-state index in [0.717, 1.165) is 56.6 Å². The first-order valence-electron chi connectivity index (χ1n) is 8.94. The normalized spacial score (nSPS) is 16.7. The molecule has 0 saturated carbocycles. The average molecular weight is 356 g/mol. The highest BCUT2D eigenvalue weighted by atomic mass is 16.7. The number of ether oxygens (including phenoxy) is 2. The van der Waals surface area contributed by atoms with Crippen molar-refractivity contribution in [2.45, 2.75) is 13.5 Å². The van der Waals surface area contributed by atoms with Crippen LogP contribution < -0.4 is 25.4 Å². The molecule has 0 aliphatic carbocycles. The third-order valence-electron chi connectivity index (χ3n) is 4.72. The van der Waals surface area contributed by atoms with Crippen molar-refractivity contribution in [3.05, 3.63) is 30.1 Å². The number of nitrogen functional groups attached to an aromatic ring is 1. The SMILES string of the molecule is CCNc1ncnc(N2CCN(Cc3ccc4c(c3)OCO4)CC2)c1N. The molecule has 0 amide bonds. The number of nitrogens with one attached hydrogen (secondary N) is 1. The molecule has 0 bridgehead atoms. The predicted molar refractivity (Wildman–Crippen MR) is 101 cm³/mol. The van der Waals surface area contributed by atoms with Crippen molar-refractivity contribution in [2.24, 2.45) is 0 Å². The Morgan fingerprint density at radius 2 is 1.92 bits per heavy atom. The molecule has 1 aromatic carbocycles. The van der Waals surface area contributed by atoms with E-state index in [-0.39, 0.29) is 0 Å². The molecule has 8 nitrogen and oxygen atoms in total. The summed E-state index contributed by atoms with van der Waals surface area (Å²) >= 11 is 0. The number of nitrogens with zero attached hydrogens (tertiary/aromatic N) is 4. The second-order valence-electron chi connectivity index (χ2n) is 6.44. The van der Waals surface area contributed by atoms with Gasteiger partial charge in [-0.3, -0.25) is 4.90 Å². The fraction of sp³-hybridized carbons (Fsp3) is 0.444. The van der Waals surface area contributed by atoms with E-state index in [1.165, 1.54) is 5.56 Å². The maximum absolute atomic E-state index is 6.24. The molecule has 0 radical (unpaired) electrons. The lowest BCUT2D eigenvalue weighted by molar-refractivity contribution is 0.174. The van der Waals surface area contributed by atoms with E-state index in [1.54, 1.807) is 6.33 Å². The second-order valence-corrected chi connectivity index (χ2v) is 6.44. The van der Waals surface area contributed by atoms with Crippen LogP contribution in [0.3, 0.4) is 0 Å². The molecule has 0 atom stereocenters. The van der Waals surface area contributed by atoms with E-state index in [0.29, 0.717) is 18.3 Å². The van der Waals surface area contributed by atoms with Crippen LogP contribution in [0.2, 0.25) is 0 Å². The maximum Gasteiger partial charge on any atom is 0.231 e. The van der Waals surface area contributed by atoms with Gasteiger partial charge in [-0.05, 0) is 24.6 Å². The van der Waals surface area contributed by atoms with Gasteiger partial charge in [-0.2, -0.15) is 0 Å². The van der Waals surface area contributed by atoms with Gasteiger partial charge in [0.2, 0.25) is 6.79 Å². The standard InChI is InChI=1S/C18H24N6O2/c1-2-20-17-16(19)18(22-11-21-17)24-7-5-23(6-8-24)10-13-3-4-14-15(9-13)26-12-25-14/h3-4,9,11H,2,5-8,10,12,19H2,1H3,(H,20,21,22). The summed E-state index contributed by atoms with van der Waals surface area (Å²) in [5.41, 5.74) is 8.10. The van der Waals surface area contributed by atoms with Crippen molar-refractivity contribution in [2.75, 3.05) is 55.5 Å². The van der Waals surface area contributed by atoms with Gasteiger partial charge in [0.15, 0.2) is 23.1 Å². The molecule has 3 heterocycles. The number of rotatable bonds is 5. The monoisotopic (exact) mass is 356 g/mol. The summed E-state index contributed by atoms with van der Waals surface area (Å²) in [5, 5.41) is 3.18. The van der Waals surface area contributed by atoms with Gasteiger partial charge in [-0.25, -0.2) is 9.97 Å². The number of aromatic nitrogens is 2. The second kappa shape index (κ2) is 7.25. The van der Waals surface area contributed by atoms with Crippen molar-refractivity contribution < 1.29 is 9.47 Å². The highest BCUT2D eigenvalue weighted by Gasteiger charge is 2.22. The number of benzene rings is 1. The van der Waals surface area contributed by atoms with E-state index in [1.807, 2.05) is 13.0 Å². The molecule has 2 aliphatic rings. The van der Waals surface area contributed by atoms with Gasteiger partial charge in [-0.15, -0.1) is 0 Å². The van der Waals surface area contributed by atoms with Crippen LogP contribution in [0.4, 0.5) is 17.3 Å². The summed E-state index contributed by atoms with van der Waals surface area (Å²) in [7, 11) is 0. The van der Waals surface area contributed by atoms with Crippen LogP contribution in [0.1, 0.15) is 12.5 Å². The van der Waals surface area contributed by atoms with E-state index in [2.05, 4.69) is 37.2 Å². The molecule has 1 fully saturated rings. The van der Waals surface area contributed by atoms with Gasteiger partial charge in [0.25, 0.3) is 0 Å². The Morgan fingerprint density at radius 1 is 1.12 bits per heavy atom. The van der Waals surface area contributed by atoms with E-state index in [9.17, 15) is 0 Å². The molecule has 1 aromatic heterocycles. The van der Waals surface area contributed by atoms with Crippen molar-refractivity contribution in [3.8, 4) is 11.5 Å². The molecule has 2 aliphatic heterocycles. The molecule has 0 unspecified atom stereocenters. The first-order chi connectivity index (χ1) is 12.7. The summed E-state index contributed by atoms with van der Waals surface area (Å²) in [6.07, 6.45) is 1.57. The number of hydrogen-bond acceptors (Lipinski definition) is 8. The Balaban J connectivity index is 1.38. The lowest BCUT2D eigenvalue weighted by Gasteiger charge is -2.36. The fourth-order valence-corrected chi connectivity index (χ4v) is 3.36. The van der Waals surface area contributed by atoms with Crippen LogP contribution in [-0.4, -0.2) is 54.4 Å². The molecule has 1 saturated heterocycles. The van der Waals surface area contributed by atoms with Crippen molar-refractivity contribution in [3.63, 3.8) is 0 Å². The Bertz CT molecular complexity index is 776. The van der Waals surface area contributed by atoms with E-state index >= 15 is 0 Å². The highest BCUT2D eigenvalue weighted by molar-refractivity contribution is 5.74. The molecular formula is C18H24N6O2. The number of piperazine rings is 1. The summed E-state index contributed by atoms with van der Waals surface area (Å²) < 4.78 is 10.8. The van der Waals surface area contributed by atoms with Gasteiger partial charge in [0.05, 0.1) is 0 Å². The minimum atomic E-state index is 0.312. The number of nitrogens with two attached hydrogens (primary N) is 1. The Labute approximate surface area is 152 Å². The largest absolute Gasteiger partial charge is 0.454 e. The highest BCUT2D eigenvalue weighted by Crippen LogP contribution is 2.33. The van der Waals surface area contributed by atoms with Crippen LogP contribution in [0.5, 0.6) is 11.5 Å². The number of anilines is 3. The van der Waals surface area contributed by atoms with Crippen LogP contribution >= 0.6 is 0 Å². The van der Waals surface area contributed by atoms with Gasteiger partial charge in [-0.1, -0.05) is 6.07 Å². The number of fused-ring (bicyclic) bond motifs is 1. The van der Waals surface area contributed by atoms with E-state index in [4.69, 9.17) is 15.2 Å². The maximum atomic E-state index is 6.24. The summed E-state index contributed by atoms with van der Waals surface area (Å²) in [5.74, 6) is 3.19. The van der Waals surface area contributed by atoms with Crippen molar-refractivity contribution in [1.29, 1.82) is 0 Å². The van der Waals surface area contributed by atoms with Gasteiger partial charge in [0, 0.05) is 39.3 Å². The lowest BCUT2D eigenvalue weighted by atomic mass is 10.1. The van der Waals surface area contributed by atoms with Crippen LogP contribution in [0.15, 0.2) is 24.5 Å². The molecule has 0 spiro atoms. The summed E-state index contributed by atoms with van der Waals surface area (Å²) in [4.78, 5) is 13.3. The molecule has 138 valence electrons. The number of hydrogen-bond donors (Lipinski definition) is 2. The van der Waals surface area contributed by atoms with Gasteiger partial charge < -0.3 is 25.4 Å². The first-order valence-corrected chi connectivity index (χ1v) is 8.94. The van der Waals surface area contributed by atoms with Crippen LogP contribution in [0, 0.1) is 0 Å². The Kier molecular flexibility index (Phi) is 4.66. The van der Waals surface area contributed by atoms with Gasteiger partial charge >= 0.3 is 0 Å². The molecule has 2 aromatic rings. The predicted octanol–water partition coefficient (Wildman–Crippen LogP) is 1.54. The molecule has 8 heteroatoms. The average Bonchev–Trinajstić information content (AvgIpc) is 3.12. The quantitative estimate of drug-likeness (QED) is 0.834. The lowest BCUT2D eigenvalue weighted by Crippen LogP contribution is -2.46. The Morgan fingerprint density at radius 3 is 2.73 bits per heavy atom. The van der Waals surface area contributed by atoms with Crippen molar-refractivity contribution in [1.82, 2.24) is 14.9 Å². The van der Waals surface area contributed by atoms with Crippen LogP contribution in [0.25, 0.3) is 0 Å². The third kappa shape index (κ3) is 3.32. The van der Waals surface area contributed by atoms with Gasteiger partial charge in [0.1, 0.15) is 12.0 Å². The minimum absolute atomic E-state index is 0.312. The zero-order valence-corrected chi connectivity index (χ0v) is 14.9. The zero-order chi connectivity index (χ0) is 17.9. The molecule has 26 heavy (non-hydrogen) atoms. The topological polar surface area (TPSA) is 88.8 Å². The van der Waals surface area contributed by atoms with Crippen molar-refractivity contribution >= 4 is 17.3 Å². The smallest absolute Gasteiger partial charge is 0.231 e. The van der Waals surface area contributed by atoms with E-state index < -0.39 is 0 Å². The first kappa shape index (κ1) is 16.7. The minimum Gasteiger partial charge on any atom is -0.454 e. The third-order valence-corrected chi connectivity index (χ3v) is 4.72. The molecule has 4 rings (SSSR count). The summed E-state index contributed by atoms with van der Waals surface area (Å²) in [6.45, 7) is 7.69. The fourth-order valence-electron chi connectivity index (χ4n) is 3.36. The molecular weight excluding hydrogens is 332 g/mol.